The highest BCUT2D eigenvalue weighted by atomic mass is 35.5. The van der Waals surface area contributed by atoms with Crippen LogP contribution in [0, 0.1) is 21.4 Å². The third kappa shape index (κ3) is 2.78. The van der Waals surface area contributed by atoms with Gasteiger partial charge in [-0.25, -0.2) is 4.98 Å². The van der Waals surface area contributed by atoms with Crippen LogP contribution in [0.2, 0.25) is 5.15 Å². The van der Waals surface area contributed by atoms with Gasteiger partial charge in [0, 0.05) is 12.3 Å². The maximum absolute atomic E-state index is 10.9. The van der Waals surface area contributed by atoms with Crippen molar-refractivity contribution in [2.45, 2.75) is 0 Å². The average Bonchev–Trinajstić information content (AvgIpc) is 2.41. The Morgan fingerprint density at radius 2 is 2.16 bits per heavy atom. The molecule has 0 aliphatic carbocycles. The van der Waals surface area contributed by atoms with E-state index >= 15 is 0 Å². The zero-order valence-electron chi connectivity index (χ0n) is 9.41. The summed E-state index contributed by atoms with van der Waals surface area (Å²) in [5, 5.41) is 19.8. The van der Waals surface area contributed by atoms with Gasteiger partial charge in [0.2, 0.25) is 5.75 Å². The number of pyridine rings is 1. The molecule has 0 saturated heterocycles. The molecule has 0 radical (unpaired) electrons. The smallest absolute Gasteiger partial charge is 0.312 e. The van der Waals surface area contributed by atoms with Crippen LogP contribution in [0.25, 0.3) is 0 Å². The van der Waals surface area contributed by atoms with Crippen LogP contribution >= 0.6 is 11.6 Å². The fourth-order valence-electron chi connectivity index (χ4n) is 1.38. The van der Waals surface area contributed by atoms with Gasteiger partial charge in [0.25, 0.3) is 0 Å². The minimum Gasteiger partial charge on any atom is -0.447 e. The molecule has 1 aromatic heterocycles. The lowest BCUT2D eigenvalue weighted by atomic mass is 10.2. The first-order valence-electron chi connectivity index (χ1n) is 5.08. The van der Waals surface area contributed by atoms with Crippen LogP contribution in [-0.4, -0.2) is 9.91 Å². The molecule has 6 nitrogen and oxygen atoms in total. The van der Waals surface area contributed by atoms with E-state index in [4.69, 9.17) is 21.6 Å². The molecule has 0 spiro atoms. The van der Waals surface area contributed by atoms with Gasteiger partial charge in [-0.3, -0.25) is 10.1 Å². The molecule has 7 heteroatoms. The third-order valence-electron chi connectivity index (χ3n) is 2.23. The fraction of sp³-hybridized carbons (Fsp3) is 0. The summed E-state index contributed by atoms with van der Waals surface area (Å²) in [5.74, 6) is 0.205. The summed E-state index contributed by atoms with van der Waals surface area (Å²) in [6.07, 6.45) is 1.47. The topological polar surface area (TPSA) is 89.0 Å². The molecule has 0 saturated carbocycles. The van der Waals surface area contributed by atoms with Crippen molar-refractivity contribution in [3.8, 4) is 17.6 Å². The van der Waals surface area contributed by atoms with E-state index in [1.165, 1.54) is 24.4 Å². The Morgan fingerprint density at radius 3 is 2.79 bits per heavy atom. The van der Waals surface area contributed by atoms with Gasteiger partial charge < -0.3 is 4.74 Å². The van der Waals surface area contributed by atoms with Crippen LogP contribution in [0.1, 0.15) is 5.56 Å². The largest absolute Gasteiger partial charge is 0.447 e. The zero-order chi connectivity index (χ0) is 13.8. The lowest BCUT2D eigenvalue weighted by molar-refractivity contribution is -0.385. The first-order chi connectivity index (χ1) is 9.11. The lowest BCUT2D eigenvalue weighted by Crippen LogP contribution is -1.95. The van der Waals surface area contributed by atoms with Crippen molar-refractivity contribution in [1.29, 1.82) is 5.26 Å². The normalized spacial score (nSPS) is 9.68. The van der Waals surface area contributed by atoms with Gasteiger partial charge in [-0.05, 0) is 24.3 Å². The van der Waals surface area contributed by atoms with Crippen molar-refractivity contribution in [1.82, 2.24) is 4.98 Å². The van der Waals surface area contributed by atoms with Gasteiger partial charge in [0.05, 0.1) is 16.6 Å². The van der Waals surface area contributed by atoms with Gasteiger partial charge in [-0.1, -0.05) is 11.6 Å². The van der Waals surface area contributed by atoms with Crippen LogP contribution in [0.4, 0.5) is 5.69 Å². The number of halogens is 1. The standard InChI is InChI=1S/C12H6ClN3O3/c13-12-11(2-1-5-15-12)19-10-4-3-8(7-14)6-9(10)16(17)18/h1-6H. The number of nitro groups is 1. The van der Waals surface area contributed by atoms with Crippen LogP contribution in [0.3, 0.4) is 0 Å². The zero-order valence-corrected chi connectivity index (χ0v) is 10.2. The van der Waals surface area contributed by atoms with Gasteiger partial charge in [-0.2, -0.15) is 5.26 Å². The molecule has 2 rings (SSSR count). The van der Waals surface area contributed by atoms with Crippen LogP contribution in [-0.2, 0) is 0 Å². The van der Waals surface area contributed by atoms with E-state index in [9.17, 15) is 10.1 Å². The predicted molar refractivity (Wildman–Crippen MR) is 67.1 cm³/mol. The number of aromatic nitrogens is 1. The first-order valence-corrected chi connectivity index (χ1v) is 5.46. The third-order valence-corrected chi connectivity index (χ3v) is 2.51. The van der Waals surface area contributed by atoms with Crippen molar-refractivity contribution in [3.63, 3.8) is 0 Å². The Balaban J connectivity index is 2.43. The molecule has 0 N–H and O–H groups in total. The molecule has 0 amide bonds. The second kappa shape index (κ2) is 5.33. The molecule has 0 aliphatic heterocycles. The van der Waals surface area contributed by atoms with E-state index in [-0.39, 0.29) is 27.9 Å². The minimum atomic E-state index is -0.625. The molecular weight excluding hydrogens is 270 g/mol. The molecule has 1 heterocycles. The number of rotatable bonds is 3. The van der Waals surface area contributed by atoms with E-state index in [1.54, 1.807) is 6.07 Å². The number of benzene rings is 1. The Hall–Kier alpha value is -2.65. The highest BCUT2D eigenvalue weighted by Gasteiger charge is 2.17. The number of nitrogens with zero attached hydrogens (tertiary/aromatic N) is 3. The minimum absolute atomic E-state index is 0.00102. The summed E-state index contributed by atoms with van der Waals surface area (Å²) in [6, 6.07) is 8.87. The van der Waals surface area contributed by atoms with Crippen LogP contribution in [0.5, 0.6) is 11.5 Å². The van der Waals surface area contributed by atoms with Crippen molar-refractivity contribution in [3.05, 3.63) is 57.4 Å². The summed E-state index contributed by atoms with van der Waals surface area (Å²) in [5.41, 5.74) is -0.129. The number of ether oxygens (including phenoxy) is 1. The van der Waals surface area contributed by atoms with Gasteiger partial charge >= 0.3 is 5.69 Å². The monoisotopic (exact) mass is 275 g/mol. The van der Waals surface area contributed by atoms with Gasteiger partial charge in [-0.15, -0.1) is 0 Å². The number of nitriles is 1. The lowest BCUT2D eigenvalue weighted by Gasteiger charge is -2.07. The van der Waals surface area contributed by atoms with E-state index in [0.717, 1.165) is 6.07 Å². The summed E-state index contributed by atoms with van der Waals surface area (Å²) in [6.45, 7) is 0. The second-order valence-electron chi connectivity index (χ2n) is 3.45. The molecule has 0 aliphatic rings. The molecule has 2 aromatic rings. The highest BCUT2D eigenvalue weighted by molar-refractivity contribution is 6.30. The second-order valence-corrected chi connectivity index (χ2v) is 3.80. The summed E-state index contributed by atoms with van der Waals surface area (Å²) in [7, 11) is 0. The first kappa shape index (κ1) is 12.8. The Bertz CT molecular complexity index is 682. The Morgan fingerprint density at radius 1 is 1.37 bits per heavy atom. The molecular formula is C12H6ClN3O3. The number of hydrogen-bond donors (Lipinski definition) is 0. The fourth-order valence-corrected chi connectivity index (χ4v) is 1.54. The average molecular weight is 276 g/mol. The molecule has 0 atom stereocenters. The molecule has 1 aromatic carbocycles. The number of nitro benzene ring substituents is 1. The molecule has 94 valence electrons. The van der Waals surface area contributed by atoms with Crippen molar-refractivity contribution in [2.24, 2.45) is 0 Å². The van der Waals surface area contributed by atoms with Crippen molar-refractivity contribution < 1.29 is 9.66 Å². The summed E-state index contributed by atoms with van der Waals surface area (Å²) < 4.78 is 5.36. The van der Waals surface area contributed by atoms with E-state index in [0.29, 0.717) is 0 Å². The quantitative estimate of drug-likeness (QED) is 0.487. The predicted octanol–water partition coefficient (Wildman–Crippen LogP) is 3.31. The van der Waals surface area contributed by atoms with E-state index in [1.807, 2.05) is 6.07 Å². The maximum Gasteiger partial charge on any atom is 0.312 e. The Labute approximate surface area is 113 Å². The summed E-state index contributed by atoms with van der Waals surface area (Å²) in [4.78, 5) is 14.1. The molecule has 19 heavy (non-hydrogen) atoms. The van der Waals surface area contributed by atoms with Gasteiger partial charge in [0.15, 0.2) is 10.9 Å². The highest BCUT2D eigenvalue weighted by Crippen LogP contribution is 2.34. The SMILES string of the molecule is N#Cc1ccc(Oc2cccnc2Cl)c([N+](=O)[O-])c1. The van der Waals surface area contributed by atoms with Crippen molar-refractivity contribution >= 4 is 17.3 Å². The maximum atomic E-state index is 10.9. The Kier molecular flexibility index (Phi) is 3.59. The summed E-state index contributed by atoms with van der Waals surface area (Å²) >= 11 is 5.81. The van der Waals surface area contributed by atoms with Gasteiger partial charge in [0.1, 0.15) is 0 Å². The molecule has 0 unspecified atom stereocenters. The van der Waals surface area contributed by atoms with E-state index in [2.05, 4.69) is 4.98 Å². The molecule has 0 fully saturated rings. The van der Waals surface area contributed by atoms with Crippen molar-refractivity contribution in [2.75, 3.05) is 0 Å². The van der Waals surface area contributed by atoms with Crippen LogP contribution < -0.4 is 4.74 Å². The molecule has 0 bridgehead atoms. The van der Waals surface area contributed by atoms with Crippen LogP contribution in [0.15, 0.2) is 36.5 Å². The van der Waals surface area contributed by atoms with E-state index < -0.39 is 4.92 Å². The number of hydrogen-bond acceptors (Lipinski definition) is 5.